The van der Waals surface area contributed by atoms with E-state index in [1.165, 1.54) is 37.0 Å². The normalized spacial score (nSPS) is 33.3. The number of fused-ring (bicyclic) bond motifs is 1. The lowest BCUT2D eigenvalue weighted by molar-refractivity contribution is -0.161. The van der Waals surface area contributed by atoms with E-state index in [9.17, 15) is 15.0 Å². The molecule has 0 radical (unpaired) electrons. The van der Waals surface area contributed by atoms with Gasteiger partial charge in [0.05, 0.1) is 23.0 Å². The molecule has 7 atom stereocenters. The molecule has 1 heterocycles. The molecule has 0 spiro atoms. The first-order valence-electron chi connectivity index (χ1n) is 17.5. The minimum absolute atomic E-state index is 0.119. The number of carbonyl (C=O) groups excluding carboxylic acids is 1. The average molecular weight is 607 g/mol. The fraction of sp³-hybridized carbons (Fsp3) is 0.737. The van der Waals surface area contributed by atoms with Crippen molar-refractivity contribution in [2.45, 2.75) is 149 Å². The van der Waals surface area contributed by atoms with Gasteiger partial charge < -0.3 is 19.9 Å². The summed E-state index contributed by atoms with van der Waals surface area (Å²) >= 11 is 0. The van der Waals surface area contributed by atoms with E-state index in [0.717, 1.165) is 61.9 Å². The Labute approximate surface area is 265 Å². The Hall–Kier alpha value is -2.18. The van der Waals surface area contributed by atoms with Gasteiger partial charge in [0.1, 0.15) is 11.9 Å². The van der Waals surface area contributed by atoms with Crippen LogP contribution in [0.3, 0.4) is 0 Å². The molecule has 4 saturated carbocycles. The number of esters is 1. The summed E-state index contributed by atoms with van der Waals surface area (Å²) in [4.78, 5) is 21.6. The average Bonchev–Trinajstić information content (AvgIpc) is 3.48. The van der Waals surface area contributed by atoms with Crippen LogP contribution in [0.4, 0.5) is 0 Å². The lowest BCUT2D eigenvalue weighted by Gasteiger charge is -2.44. The van der Waals surface area contributed by atoms with Crippen molar-refractivity contribution >= 4 is 5.97 Å². The highest BCUT2D eigenvalue weighted by Gasteiger charge is 2.56. The molecular weight excluding hydrogens is 548 g/mol. The summed E-state index contributed by atoms with van der Waals surface area (Å²) in [7, 11) is 0. The lowest BCUT2D eigenvalue weighted by Crippen LogP contribution is -2.38. The second-order valence-electron chi connectivity index (χ2n) is 16.0. The summed E-state index contributed by atoms with van der Waals surface area (Å²) in [5.41, 5.74) is 3.98. The summed E-state index contributed by atoms with van der Waals surface area (Å²) < 4.78 is 6.38. The van der Waals surface area contributed by atoms with Crippen molar-refractivity contribution in [3.05, 3.63) is 53.2 Å². The molecular formula is C38H58N2O4. The van der Waals surface area contributed by atoms with Crippen LogP contribution in [0.15, 0.2) is 41.6 Å². The molecule has 5 rings (SSSR count). The van der Waals surface area contributed by atoms with Crippen molar-refractivity contribution in [3.63, 3.8) is 0 Å². The van der Waals surface area contributed by atoms with Gasteiger partial charge in [-0.2, -0.15) is 0 Å². The quantitative estimate of drug-likeness (QED) is 0.235. The van der Waals surface area contributed by atoms with E-state index in [0.29, 0.717) is 30.6 Å². The molecule has 6 heteroatoms. The number of aromatic amines is 1. The SMILES string of the molecule is C=C1C(=CC=C2CCC[C@]3(C)[C@@H]([C@H](C)CC[C@H](OC(=O)C(C)(C)C)C4(c5ncc(CCC)[nH]5)CC4)CC[C@@H]23)C[C@@H](O)C[C@@H]1O. The Bertz CT molecular complexity index is 1260. The number of aliphatic hydroxyl groups excluding tert-OH is 2. The first-order valence-corrected chi connectivity index (χ1v) is 17.5. The van der Waals surface area contributed by atoms with Crippen molar-refractivity contribution in [3.8, 4) is 0 Å². The topological polar surface area (TPSA) is 95.4 Å². The van der Waals surface area contributed by atoms with Crippen LogP contribution < -0.4 is 0 Å². The van der Waals surface area contributed by atoms with Gasteiger partial charge >= 0.3 is 5.97 Å². The highest BCUT2D eigenvalue weighted by Crippen LogP contribution is 2.60. The van der Waals surface area contributed by atoms with Gasteiger partial charge in [0.2, 0.25) is 0 Å². The number of hydrogen-bond donors (Lipinski definition) is 3. The maximum Gasteiger partial charge on any atom is 0.311 e. The van der Waals surface area contributed by atoms with Gasteiger partial charge in [0.25, 0.3) is 0 Å². The fourth-order valence-corrected chi connectivity index (χ4v) is 8.90. The van der Waals surface area contributed by atoms with Gasteiger partial charge in [0.15, 0.2) is 0 Å². The van der Waals surface area contributed by atoms with Crippen molar-refractivity contribution in [2.75, 3.05) is 0 Å². The van der Waals surface area contributed by atoms with E-state index in [1.807, 2.05) is 27.0 Å². The molecule has 3 N–H and O–H groups in total. The number of nitrogens with one attached hydrogen (secondary N) is 1. The van der Waals surface area contributed by atoms with Crippen LogP contribution in [0.5, 0.6) is 0 Å². The Balaban J connectivity index is 1.30. The molecule has 4 aliphatic carbocycles. The van der Waals surface area contributed by atoms with Crippen LogP contribution in [0, 0.1) is 28.6 Å². The molecule has 44 heavy (non-hydrogen) atoms. The monoisotopic (exact) mass is 606 g/mol. The zero-order chi connectivity index (χ0) is 31.9. The van der Waals surface area contributed by atoms with Crippen molar-refractivity contribution in [2.24, 2.45) is 28.6 Å². The van der Waals surface area contributed by atoms with E-state index >= 15 is 0 Å². The van der Waals surface area contributed by atoms with Crippen LogP contribution in [0.1, 0.15) is 130 Å². The lowest BCUT2D eigenvalue weighted by atomic mass is 9.60. The minimum Gasteiger partial charge on any atom is -0.461 e. The number of nitrogens with zero attached hydrogens (tertiary/aromatic N) is 1. The van der Waals surface area contributed by atoms with Crippen LogP contribution in [-0.4, -0.2) is 44.5 Å². The molecule has 6 nitrogen and oxygen atoms in total. The summed E-state index contributed by atoms with van der Waals surface area (Å²) in [5, 5.41) is 20.5. The number of aliphatic hydroxyl groups is 2. The Morgan fingerprint density at radius 2 is 1.95 bits per heavy atom. The number of aryl methyl sites for hydroxylation is 1. The maximum absolute atomic E-state index is 13.2. The Morgan fingerprint density at radius 1 is 1.20 bits per heavy atom. The van der Waals surface area contributed by atoms with Gasteiger partial charge in [-0.1, -0.05) is 51.5 Å². The highest BCUT2D eigenvalue weighted by molar-refractivity contribution is 5.75. The number of hydrogen-bond acceptors (Lipinski definition) is 5. The molecule has 0 aromatic carbocycles. The van der Waals surface area contributed by atoms with Gasteiger partial charge in [0, 0.05) is 18.3 Å². The smallest absolute Gasteiger partial charge is 0.311 e. The van der Waals surface area contributed by atoms with Crippen molar-refractivity contribution < 1.29 is 19.7 Å². The molecule has 1 aromatic rings. The standard InChI is InChI=1S/C38H58N2O4/c1-8-10-28-23-39-34(40-28)38(19-20-38)33(44-35(43)36(4,5)6)17-12-24(2)30-15-16-31-26(11-9-18-37(30,31)7)13-14-27-21-29(41)22-32(42)25(27)3/h13-14,23-24,29-33,41-42H,3,8-12,15-22H2,1-2,4-7H3,(H,39,40)/t24-,29-,30-,31+,32+,33+,37-/m1/s1. The van der Waals surface area contributed by atoms with E-state index in [1.54, 1.807) is 0 Å². The predicted molar refractivity (Wildman–Crippen MR) is 176 cm³/mol. The number of aromatic nitrogens is 2. The number of ether oxygens (including phenoxy) is 1. The van der Waals surface area contributed by atoms with E-state index in [4.69, 9.17) is 9.72 Å². The van der Waals surface area contributed by atoms with Gasteiger partial charge in [-0.25, -0.2) is 4.98 Å². The predicted octanol–water partition coefficient (Wildman–Crippen LogP) is 7.91. The second-order valence-corrected chi connectivity index (χ2v) is 16.0. The van der Waals surface area contributed by atoms with E-state index in [-0.39, 0.29) is 22.9 Å². The number of carbonyl (C=O) groups is 1. The Morgan fingerprint density at radius 3 is 2.64 bits per heavy atom. The van der Waals surface area contributed by atoms with Crippen molar-refractivity contribution in [1.29, 1.82) is 0 Å². The molecule has 0 saturated heterocycles. The molecule has 0 unspecified atom stereocenters. The first kappa shape index (κ1) is 33.2. The summed E-state index contributed by atoms with van der Waals surface area (Å²) in [6.07, 6.45) is 18.1. The third-order valence-corrected chi connectivity index (χ3v) is 11.8. The highest BCUT2D eigenvalue weighted by atomic mass is 16.5. The molecule has 1 aromatic heterocycles. The molecule has 4 aliphatic rings. The molecule has 0 aliphatic heterocycles. The van der Waals surface area contributed by atoms with Crippen molar-refractivity contribution in [1.82, 2.24) is 9.97 Å². The fourth-order valence-electron chi connectivity index (χ4n) is 8.90. The molecule has 0 amide bonds. The van der Waals surface area contributed by atoms with Crippen LogP contribution in [0.25, 0.3) is 0 Å². The number of imidazole rings is 1. The second kappa shape index (κ2) is 12.9. The van der Waals surface area contributed by atoms with E-state index in [2.05, 4.69) is 44.5 Å². The number of H-pyrrole nitrogens is 1. The zero-order valence-electron chi connectivity index (χ0n) is 28.3. The van der Waals surface area contributed by atoms with Crippen LogP contribution in [0.2, 0.25) is 0 Å². The number of rotatable bonds is 10. The third kappa shape index (κ3) is 6.67. The van der Waals surface area contributed by atoms with Crippen LogP contribution in [-0.2, 0) is 21.4 Å². The third-order valence-electron chi connectivity index (χ3n) is 11.8. The van der Waals surface area contributed by atoms with Gasteiger partial charge in [-0.05, 0) is 126 Å². The summed E-state index contributed by atoms with van der Waals surface area (Å²) in [6, 6.07) is 0. The largest absolute Gasteiger partial charge is 0.461 e. The minimum atomic E-state index is -0.649. The van der Waals surface area contributed by atoms with Crippen LogP contribution >= 0.6 is 0 Å². The Kier molecular flexibility index (Phi) is 9.73. The maximum atomic E-state index is 13.2. The van der Waals surface area contributed by atoms with Gasteiger partial charge in [-0.15, -0.1) is 0 Å². The molecule has 0 bridgehead atoms. The summed E-state index contributed by atoms with van der Waals surface area (Å²) in [6.45, 7) is 17.1. The zero-order valence-corrected chi connectivity index (χ0v) is 28.3. The first-order chi connectivity index (χ1) is 20.8. The number of allylic oxidation sites excluding steroid dienone is 3. The molecule has 244 valence electrons. The molecule has 4 fully saturated rings. The summed E-state index contributed by atoms with van der Waals surface area (Å²) in [5.74, 6) is 2.62. The van der Waals surface area contributed by atoms with Gasteiger partial charge in [-0.3, -0.25) is 4.79 Å². The van der Waals surface area contributed by atoms with E-state index < -0.39 is 17.6 Å².